The highest BCUT2D eigenvalue weighted by molar-refractivity contribution is 6.06. The zero-order chi connectivity index (χ0) is 20.6. The van der Waals surface area contributed by atoms with Crippen LogP contribution in [0.4, 0.5) is 0 Å². The Morgan fingerprint density at radius 2 is 1.55 bits per heavy atom. The van der Waals surface area contributed by atoms with Gasteiger partial charge in [-0.05, 0) is 34.5 Å². The molecule has 6 nitrogen and oxygen atoms in total. The molecule has 3 aromatic carbocycles. The molecule has 0 heterocycles. The van der Waals surface area contributed by atoms with Gasteiger partial charge in [0.05, 0.1) is 6.42 Å². The third-order valence-electron chi connectivity index (χ3n) is 4.28. The van der Waals surface area contributed by atoms with Crippen LogP contribution in [0, 0.1) is 0 Å². The first-order valence-electron chi connectivity index (χ1n) is 9.10. The van der Waals surface area contributed by atoms with E-state index in [-0.39, 0.29) is 18.7 Å². The molecule has 0 aliphatic rings. The summed E-state index contributed by atoms with van der Waals surface area (Å²) in [6.07, 6.45) is 1.39. The quantitative estimate of drug-likeness (QED) is 0.542. The Morgan fingerprint density at radius 3 is 2.31 bits per heavy atom. The van der Waals surface area contributed by atoms with E-state index in [9.17, 15) is 14.4 Å². The first-order valence-corrected chi connectivity index (χ1v) is 9.10. The zero-order valence-corrected chi connectivity index (χ0v) is 15.6. The van der Waals surface area contributed by atoms with Gasteiger partial charge in [0, 0.05) is 12.1 Å². The van der Waals surface area contributed by atoms with Crippen molar-refractivity contribution in [3.05, 3.63) is 89.6 Å². The molecule has 0 fully saturated rings. The average Bonchev–Trinajstić information content (AvgIpc) is 2.73. The van der Waals surface area contributed by atoms with Crippen molar-refractivity contribution < 1.29 is 19.5 Å². The molecular formula is C23H20N2O4. The number of fused-ring (bicyclic) bond motifs is 1. The predicted octanol–water partition coefficient (Wildman–Crippen LogP) is 3.20. The second kappa shape index (κ2) is 9.32. The van der Waals surface area contributed by atoms with Crippen LogP contribution in [0.2, 0.25) is 0 Å². The molecule has 2 amide bonds. The number of carboxylic acid groups (broad SMARTS) is 1. The summed E-state index contributed by atoms with van der Waals surface area (Å²) in [5.74, 6) is -1.99. The van der Waals surface area contributed by atoms with Gasteiger partial charge in [-0.1, -0.05) is 60.7 Å². The van der Waals surface area contributed by atoms with Crippen molar-refractivity contribution in [2.75, 3.05) is 6.54 Å². The Labute approximate surface area is 167 Å². The van der Waals surface area contributed by atoms with Gasteiger partial charge < -0.3 is 15.7 Å². The molecule has 0 bridgehead atoms. The van der Waals surface area contributed by atoms with Gasteiger partial charge in [-0.2, -0.15) is 0 Å². The minimum Gasteiger partial charge on any atom is -0.481 e. The van der Waals surface area contributed by atoms with E-state index in [1.54, 1.807) is 36.4 Å². The molecule has 3 N–H and O–H groups in total. The van der Waals surface area contributed by atoms with Crippen molar-refractivity contribution >= 4 is 34.6 Å². The van der Waals surface area contributed by atoms with Crippen molar-refractivity contribution in [1.82, 2.24) is 10.6 Å². The molecule has 0 atom stereocenters. The van der Waals surface area contributed by atoms with E-state index in [1.165, 1.54) is 0 Å². The monoisotopic (exact) mass is 388 g/mol. The van der Waals surface area contributed by atoms with Gasteiger partial charge in [-0.15, -0.1) is 0 Å². The molecule has 0 aliphatic carbocycles. The first-order chi connectivity index (χ1) is 14.0. The third kappa shape index (κ3) is 5.29. The van der Waals surface area contributed by atoms with E-state index < -0.39 is 17.8 Å². The lowest BCUT2D eigenvalue weighted by molar-refractivity contribution is -0.136. The van der Waals surface area contributed by atoms with E-state index in [2.05, 4.69) is 10.6 Å². The number of hydrogen-bond acceptors (Lipinski definition) is 3. The molecule has 6 heteroatoms. The maximum Gasteiger partial charge on any atom is 0.305 e. The molecule has 0 radical (unpaired) electrons. The molecule has 0 saturated carbocycles. The van der Waals surface area contributed by atoms with Crippen molar-refractivity contribution in [2.45, 2.75) is 6.42 Å². The lowest BCUT2D eigenvalue weighted by atomic mass is 10.0. The summed E-state index contributed by atoms with van der Waals surface area (Å²) in [5, 5.41) is 15.9. The Kier molecular flexibility index (Phi) is 6.37. The number of carboxylic acids is 1. The summed E-state index contributed by atoms with van der Waals surface area (Å²) >= 11 is 0. The van der Waals surface area contributed by atoms with Crippen molar-refractivity contribution in [2.24, 2.45) is 0 Å². The summed E-state index contributed by atoms with van der Waals surface area (Å²) in [5.41, 5.74) is 1.22. The molecule has 3 rings (SSSR count). The lowest BCUT2D eigenvalue weighted by Crippen LogP contribution is -2.35. The molecule has 0 aliphatic heterocycles. The summed E-state index contributed by atoms with van der Waals surface area (Å²) in [6, 6.07) is 21.9. The summed E-state index contributed by atoms with van der Waals surface area (Å²) in [6.45, 7) is -0.0394. The van der Waals surface area contributed by atoms with E-state index in [0.717, 1.165) is 16.3 Å². The summed E-state index contributed by atoms with van der Waals surface area (Å²) < 4.78 is 0. The van der Waals surface area contributed by atoms with Crippen LogP contribution in [0.3, 0.4) is 0 Å². The van der Waals surface area contributed by atoms with Crippen LogP contribution in [0.15, 0.2) is 78.5 Å². The molecule has 0 unspecified atom stereocenters. The number of amides is 2. The van der Waals surface area contributed by atoms with Crippen LogP contribution < -0.4 is 10.6 Å². The number of carbonyl (C=O) groups excluding carboxylic acids is 2. The SMILES string of the molecule is O=C(O)CCNC(=O)/C(=C\c1cccc2ccccc12)NC(=O)c1ccccc1. The number of carbonyl (C=O) groups is 3. The van der Waals surface area contributed by atoms with Crippen LogP contribution in [0.1, 0.15) is 22.3 Å². The number of hydrogen-bond donors (Lipinski definition) is 3. The molecule has 0 saturated heterocycles. The number of benzene rings is 3. The maximum absolute atomic E-state index is 12.6. The molecule has 3 aromatic rings. The highest BCUT2D eigenvalue weighted by Gasteiger charge is 2.15. The smallest absolute Gasteiger partial charge is 0.305 e. The standard InChI is InChI=1S/C23H20N2O4/c26-21(27)13-14-24-23(29)20(25-22(28)17-8-2-1-3-9-17)15-18-11-6-10-16-7-4-5-12-19(16)18/h1-12,15H,13-14H2,(H,24,29)(H,25,28)(H,26,27)/b20-15+. The fourth-order valence-electron chi connectivity index (χ4n) is 2.85. The van der Waals surface area contributed by atoms with E-state index >= 15 is 0 Å². The van der Waals surface area contributed by atoms with E-state index in [1.807, 2.05) is 42.5 Å². The number of aliphatic carboxylic acids is 1. The minimum atomic E-state index is -1.02. The predicted molar refractivity (Wildman–Crippen MR) is 111 cm³/mol. The van der Waals surface area contributed by atoms with Gasteiger partial charge in [0.15, 0.2) is 0 Å². The van der Waals surface area contributed by atoms with Gasteiger partial charge >= 0.3 is 5.97 Å². The molecule has 0 spiro atoms. The van der Waals surface area contributed by atoms with Crippen LogP contribution in [0.25, 0.3) is 16.8 Å². The molecule has 29 heavy (non-hydrogen) atoms. The topological polar surface area (TPSA) is 95.5 Å². The van der Waals surface area contributed by atoms with E-state index in [4.69, 9.17) is 5.11 Å². The summed E-state index contributed by atoms with van der Waals surface area (Å²) in [4.78, 5) is 35.9. The summed E-state index contributed by atoms with van der Waals surface area (Å²) in [7, 11) is 0. The van der Waals surface area contributed by atoms with Crippen LogP contribution in [-0.4, -0.2) is 29.4 Å². The lowest BCUT2D eigenvalue weighted by Gasteiger charge is -2.11. The molecule has 146 valence electrons. The minimum absolute atomic E-state index is 0.0394. The number of nitrogens with one attached hydrogen (secondary N) is 2. The second-order valence-corrected chi connectivity index (χ2v) is 6.35. The molecular weight excluding hydrogens is 368 g/mol. The van der Waals surface area contributed by atoms with Gasteiger partial charge in [0.1, 0.15) is 5.70 Å². The largest absolute Gasteiger partial charge is 0.481 e. The van der Waals surface area contributed by atoms with Crippen LogP contribution >= 0.6 is 0 Å². The van der Waals surface area contributed by atoms with Crippen molar-refractivity contribution in [1.29, 1.82) is 0 Å². The van der Waals surface area contributed by atoms with Gasteiger partial charge in [-0.3, -0.25) is 14.4 Å². The van der Waals surface area contributed by atoms with E-state index in [0.29, 0.717) is 5.56 Å². The van der Waals surface area contributed by atoms with Gasteiger partial charge in [0.2, 0.25) is 0 Å². The Bertz CT molecular complexity index is 1070. The zero-order valence-electron chi connectivity index (χ0n) is 15.6. The highest BCUT2D eigenvalue weighted by atomic mass is 16.4. The fraction of sp³-hybridized carbons (Fsp3) is 0.0870. The number of rotatable bonds is 7. The maximum atomic E-state index is 12.6. The third-order valence-corrected chi connectivity index (χ3v) is 4.28. The Morgan fingerprint density at radius 1 is 0.862 bits per heavy atom. The van der Waals surface area contributed by atoms with Crippen molar-refractivity contribution in [3.63, 3.8) is 0 Å². The van der Waals surface area contributed by atoms with Gasteiger partial charge in [0.25, 0.3) is 11.8 Å². The van der Waals surface area contributed by atoms with Gasteiger partial charge in [-0.25, -0.2) is 0 Å². The van der Waals surface area contributed by atoms with Crippen LogP contribution in [0.5, 0.6) is 0 Å². The normalized spacial score (nSPS) is 11.1. The Balaban J connectivity index is 1.93. The highest BCUT2D eigenvalue weighted by Crippen LogP contribution is 2.20. The first kappa shape index (κ1) is 19.8. The fourth-order valence-corrected chi connectivity index (χ4v) is 2.85. The van der Waals surface area contributed by atoms with Crippen LogP contribution in [-0.2, 0) is 9.59 Å². The Hall–Kier alpha value is -3.93. The van der Waals surface area contributed by atoms with Crippen molar-refractivity contribution in [3.8, 4) is 0 Å². The average molecular weight is 388 g/mol. The molecule has 0 aromatic heterocycles. The second-order valence-electron chi connectivity index (χ2n) is 6.35.